The molecular weight excluding hydrogens is 190 g/mol. The molecule has 5 nitrogen and oxygen atoms in total. The maximum Gasteiger partial charge on any atom is 0.259 e. The zero-order valence-corrected chi connectivity index (χ0v) is 8.72. The summed E-state index contributed by atoms with van der Waals surface area (Å²) in [5.41, 5.74) is 0. The number of sulfonamides is 1. The Kier molecular flexibility index (Phi) is 2.72. The molecule has 1 heterocycles. The van der Waals surface area contributed by atoms with E-state index in [1.54, 1.807) is 11.5 Å². The van der Waals surface area contributed by atoms with Crippen molar-refractivity contribution in [2.75, 3.05) is 7.05 Å². The summed E-state index contributed by atoms with van der Waals surface area (Å²) in [4.78, 5) is 3.94. The van der Waals surface area contributed by atoms with Gasteiger partial charge in [-0.2, -0.15) is 0 Å². The van der Waals surface area contributed by atoms with Crippen molar-refractivity contribution < 1.29 is 8.42 Å². The van der Waals surface area contributed by atoms with Crippen LogP contribution in [0.25, 0.3) is 0 Å². The van der Waals surface area contributed by atoms with Crippen molar-refractivity contribution in [3.63, 3.8) is 0 Å². The van der Waals surface area contributed by atoms with Crippen molar-refractivity contribution in [1.82, 2.24) is 14.3 Å². The Morgan fingerprint density at radius 2 is 2.23 bits per heavy atom. The molecule has 0 aliphatic carbocycles. The Hall–Kier alpha value is -0.880. The van der Waals surface area contributed by atoms with Gasteiger partial charge in [-0.3, -0.25) is 0 Å². The highest BCUT2D eigenvalue weighted by Crippen LogP contribution is 2.07. The van der Waals surface area contributed by atoms with Crippen molar-refractivity contribution in [3.05, 3.63) is 12.0 Å². The largest absolute Gasteiger partial charge is 0.334 e. The van der Waals surface area contributed by atoms with Gasteiger partial charge in [0.15, 0.2) is 5.03 Å². The van der Waals surface area contributed by atoms with Gasteiger partial charge in [-0.25, -0.2) is 18.1 Å². The van der Waals surface area contributed by atoms with Crippen molar-refractivity contribution in [3.8, 4) is 0 Å². The predicted octanol–water partition coefficient (Wildman–Crippen LogP) is 0.120. The van der Waals surface area contributed by atoms with E-state index in [9.17, 15) is 8.42 Å². The Labute approximate surface area is 77.8 Å². The maximum atomic E-state index is 11.3. The molecule has 6 heteroatoms. The fourth-order valence-corrected chi connectivity index (χ4v) is 1.76. The van der Waals surface area contributed by atoms with E-state index in [0.717, 1.165) is 6.54 Å². The first-order chi connectivity index (χ1) is 6.01. The van der Waals surface area contributed by atoms with Crippen LogP contribution in [-0.2, 0) is 16.6 Å². The standard InChI is InChI=1S/C7H13N3O2S/c1-4-10-5-7(9-6(10)2)13(11,12)8-3/h5,8H,4H2,1-3H3. The van der Waals surface area contributed by atoms with E-state index in [-0.39, 0.29) is 5.03 Å². The normalized spacial score (nSPS) is 11.9. The molecule has 13 heavy (non-hydrogen) atoms. The third-order valence-corrected chi connectivity index (χ3v) is 3.12. The average Bonchev–Trinajstić information content (AvgIpc) is 2.47. The minimum Gasteiger partial charge on any atom is -0.334 e. The number of aromatic nitrogens is 2. The average molecular weight is 203 g/mol. The minimum atomic E-state index is -3.39. The van der Waals surface area contributed by atoms with Crippen molar-refractivity contribution >= 4 is 10.0 Å². The number of nitrogens with zero attached hydrogens (tertiary/aromatic N) is 2. The second-order valence-corrected chi connectivity index (χ2v) is 4.45. The molecule has 1 N–H and O–H groups in total. The van der Waals surface area contributed by atoms with Gasteiger partial charge in [-0.05, 0) is 20.9 Å². The SMILES string of the molecule is CCn1cc(S(=O)(=O)NC)nc1C. The van der Waals surface area contributed by atoms with Gasteiger partial charge in [0.1, 0.15) is 5.82 Å². The molecule has 0 radical (unpaired) electrons. The topological polar surface area (TPSA) is 64.0 Å². The fraction of sp³-hybridized carbons (Fsp3) is 0.571. The van der Waals surface area contributed by atoms with Gasteiger partial charge in [0.2, 0.25) is 0 Å². The Morgan fingerprint density at radius 1 is 1.62 bits per heavy atom. The number of imidazole rings is 1. The monoisotopic (exact) mass is 203 g/mol. The predicted molar refractivity (Wildman–Crippen MR) is 48.9 cm³/mol. The summed E-state index contributed by atoms with van der Waals surface area (Å²) in [5.74, 6) is 0.705. The van der Waals surface area contributed by atoms with Crippen LogP contribution in [0.2, 0.25) is 0 Å². The van der Waals surface area contributed by atoms with Crippen molar-refractivity contribution in [2.24, 2.45) is 0 Å². The third-order valence-electron chi connectivity index (χ3n) is 1.84. The van der Waals surface area contributed by atoms with Gasteiger partial charge < -0.3 is 4.57 Å². The van der Waals surface area contributed by atoms with Crippen LogP contribution in [0.5, 0.6) is 0 Å². The van der Waals surface area contributed by atoms with Crippen LogP contribution in [0.4, 0.5) is 0 Å². The van der Waals surface area contributed by atoms with Gasteiger partial charge in [-0.15, -0.1) is 0 Å². The lowest BCUT2D eigenvalue weighted by molar-refractivity contribution is 0.584. The molecule has 0 bridgehead atoms. The third kappa shape index (κ3) is 1.89. The van der Waals surface area contributed by atoms with Crippen LogP contribution in [0, 0.1) is 6.92 Å². The van der Waals surface area contributed by atoms with Crippen molar-refractivity contribution in [1.29, 1.82) is 0 Å². The van der Waals surface area contributed by atoms with E-state index in [1.165, 1.54) is 13.2 Å². The zero-order chi connectivity index (χ0) is 10.1. The van der Waals surface area contributed by atoms with Crippen LogP contribution in [0.3, 0.4) is 0 Å². The molecule has 0 amide bonds. The summed E-state index contributed by atoms with van der Waals surface area (Å²) in [6, 6.07) is 0. The molecule has 0 fully saturated rings. The van der Waals surface area contributed by atoms with Gasteiger partial charge >= 0.3 is 0 Å². The first kappa shape index (κ1) is 10.2. The summed E-state index contributed by atoms with van der Waals surface area (Å²) >= 11 is 0. The van der Waals surface area contributed by atoms with Gasteiger partial charge in [0.05, 0.1) is 0 Å². The number of hydrogen-bond donors (Lipinski definition) is 1. The Bertz CT molecular complexity index is 394. The summed E-state index contributed by atoms with van der Waals surface area (Å²) in [6.45, 7) is 4.43. The second-order valence-electron chi connectivity index (χ2n) is 2.62. The lowest BCUT2D eigenvalue weighted by Crippen LogP contribution is -2.18. The molecule has 0 unspecified atom stereocenters. The summed E-state index contributed by atoms with van der Waals surface area (Å²) < 4.78 is 26.6. The molecule has 0 aliphatic heterocycles. The zero-order valence-electron chi connectivity index (χ0n) is 7.90. The van der Waals surface area contributed by atoms with Gasteiger partial charge in [0, 0.05) is 12.7 Å². The number of hydrogen-bond acceptors (Lipinski definition) is 3. The maximum absolute atomic E-state index is 11.3. The second kappa shape index (κ2) is 3.47. The molecule has 0 atom stereocenters. The van der Waals surface area contributed by atoms with E-state index in [2.05, 4.69) is 9.71 Å². The molecule has 0 spiro atoms. The van der Waals surface area contributed by atoms with E-state index in [0.29, 0.717) is 5.82 Å². The summed E-state index contributed by atoms with van der Waals surface area (Å²) in [5, 5.41) is 0.0781. The summed E-state index contributed by atoms with van der Waals surface area (Å²) in [6.07, 6.45) is 1.53. The van der Waals surface area contributed by atoms with Crippen LogP contribution in [0.15, 0.2) is 11.2 Å². The fourth-order valence-electron chi connectivity index (χ4n) is 1.03. The molecule has 1 aromatic heterocycles. The highest BCUT2D eigenvalue weighted by Gasteiger charge is 2.15. The highest BCUT2D eigenvalue weighted by atomic mass is 32.2. The first-order valence-electron chi connectivity index (χ1n) is 3.98. The Morgan fingerprint density at radius 3 is 2.62 bits per heavy atom. The first-order valence-corrected chi connectivity index (χ1v) is 5.47. The van der Waals surface area contributed by atoms with E-state index in [1.807, 2.05) is 6.92 Å². The Balaban J connectivity index is 3.19. The van der Waals surface area contributed by atoms with E-state index < -0.39 is 10.0 Å². The van der Waals surface area contributed by atoms with Crippen LogP contribution >= 0.6 is 0 Å². The molecule has 0 aliphatic rings. The van der Waals surface area contributed by atoms with Gasteiger partial charge in [-0.1, -0.05) is 0 Å². The minimum absolute atomic E-state index is 0.0781. The highest BCUT2D eigenvalue weighted by molar-refractivity contribution is 7.89. The van der Waals surface area contributed by atoms with Gasteiger partial charge in [0.25, 0.3) is 10.0 Å². The van der Waals surface area contributed by atoms with Crippen LogP contribution < -0.4 is 4.72 Å². The van der Waals surface area contributed by atoms with E-state index in [4.69, 9.17) is 0 Å². The molecule has 0 aromatic carbocycles. The van der Waals surface area contributed by atoms with E-state index >= 15 is 0 Å². The van der Waals surface area contributed by atoms with Crippen LogP contribution in [0.1, 0.15) is 12.7 Å². The molecular formula is C7H13N3O2S. The quantitative estimate of drug-likeness (QED) is 0.759. The summed E-state index contributed by atoms with van der Waals surface area (Å²) in [7, 11) is -2.02. The molecule has 1 aromatic rings. The smallest absolute Gasteiger partial charge is 0.259 e. The van der Waals surface area contributed by atoms with Crippen molar-refractivity contribution in [2.45, 2.75) is 25.4 Å². The number of nitrogens with one attached hydrogen (secondary N) is 1. The molecule has 0 saturated heterocycles. The number of aryl methyl sites for hydroxylation is 2. The van der Waals surface area contributed by atoms with Crippen LogP contribution in [-0.4, -0.2) is 25.0 Å². The number of rotatable bonds is 3. The molecule has 74 valence electrons. The lowest BCUT2D eigenvalue weighted by Gasteiger charge is -1.96. The lowest BCUT2D eigenvalue weighted by atomic mass is 10.6. The molecule has 1 rings (SSSR count). The molecule has 0 saturated carbocycles.